The Bertz CT molecular complexity index is 357. The Balaban J connectivity index is 1.94. The van der Waals surface area contributed by atoms with Gasteiger partial charge in [0.1, 0.15) is 0 Å². The summed E-state index contributed by atoms with van der Waals surface area (Å²) in [7, 11) is 0. The van der Waals surface area contributed by atoms with E-state index in [4.69, 9.17) is 5.73 Å². The van der Waals surface area contributed by atoms with Gasteiger partial charge in [0.2, 0.25) is 5.95 Å². The molecule has 17 heavy (non-hydrogen) atoms. The maximum atomic E-state index is 5.82. The molecule has 1 aromatic rings. The van der Waals surface area contributed by atoms with Crippen LogP contribution in [-0.4, -0.2) is 33.6 Å². The Labute approximate surface area is 107 Å². The Morgan fingerprint density at radius 2 is 2.12 bits per heavy atom. The summed E-state index contributed by atoms with van der Waals surface area (Å²) in [5, 5.41) is 12.5. The van der Waals surface area contributed by atoms with Crippen LogP contribution < -0.4 is 11.1 Å². The average Bonchev–Trinajstić information content (AvgIpc) is 2.69. The van der Waals surface area contributed by atoms with Crippen LogP contribution in [0.5, 0.6) is 0 Å². The molecule has 6 heteroatoms. The van der Waals surface area contributed by atoms with Crippen molar-refractivity contribution >= 4 is 17.7 Å². The van der Waals surface area contributed by atoms with Gasteiger partial charge in [-0.2, -0.15) is 0 Å². The van der Waals surface area contributed by atoms with E-state index in [1.54, 1.807) is 11.8 Å². The number of anilines is 1. The van der Waals surface area contributed by atoms with Crippen LogP contribution in [0, 0.1) is 5.92 Å². The van der Waals surface area contributed by atoms with Gasteiger partial charge < -0.3 is 11.1 Å². The Kier molecular flexibility index (Phi) is 4.28. The van der Waals surface area contributed by atoms with Crippen molar-refractivity contribution in [2.45, 2.75) is 37.9 Å². The minimum Gasteiger partial charge on any atom is -0.368 e. The average molecular weight is 255 g/mol. The van der Waals surface area contributed by atoms with E-state index in [9.17, 15) is 0 Å². The number of nitrogens with two attached hydrogens (primary N) is 1. The number of thioether (sulfide) groups is 1. The van der Waals surface area contributed by atoms with Crippen LogP contribution in [0.4, 0.5) is 5.95 Å². The zero-order valence-corrected chi connectivity index (χ0v) is 11.3. The highest BCUT2D eigenvalue weighted by Crippen LogP contribution is 2.26. The number of rotatable bonds is 4. The van der Waals surface area contributed by atoms with Gasteiger partial charge in [0.05, 0.1) is 0 Å². The predicted molar refractivity (Wildman–Crippen MR) is 71.1 cm³/mol. The second kappa shape index (κ2) is 5.73. The van der Waals surface area contributed by atoms with Gasteiger partial charge in [-0.3, -0.25) is 4.57 Å². The second-order valence-electron chi connectivity index (χ2n) is 4.81. The number of aromatic nitrogens is 3. The Morgan fingerprint density at radius 3 is 2.76 bits per heavy atom. The van der Waals surface area contributed by atoms with Crippen molar-refractivity contribution in [3.05, 3.63) is 0 Å². The summed E-state index contributed by atoms with van der Waals surface area (Å²) < 4.78 is 2.01. The van der Waals surface area contributed by atoms with Crippen molar-refractivity contribution in [1.82, 2.24) is 20.1 Å². The number of hydrogen-bond donors (Lipinski definition) is 2. The van der Waals surface area contributed by atoms with Gasteiger partial charge in [0, 0.05) is 11.8 Å². The highest BCUT2D eigenvalue weighted by atomic mass is 32.2. The van der Waals surface area contributed by atoms with Gasteiger partial charge in [-0.25, -0.2) is 0 Å². The number of nitrogens with one attached hydrogen (secondary N) is 1. The first-order chi connectivity index (χ1) is 8.18. The van der Waals surface area contributed by atoms with Gasteiger partial charge >= 0.3 is 0 Å². The fourth-order valence-corrected chi connectivity index (χ4v) is 3.37. The quantitative estimate of drug-likeness (QED) is 0.799. The molecule has 2 rings (SSSR count). The molecule has 0 bridgehead atoms. The first-order valence-electron chi connectivity index (χ1n) is 6.22. The molecule has 2 heterocycles. The zero-order chi connectivity index (χ0) is 12.3. The summed E-state index contributed by atoms with van der Waals surface area (Å²) in [5.74, 6) is 2.43. The zero-order valence-electron chi connectivity index (χ0n) is 10.5. The van der Waals surface area contributed by atoms with Crippen LogP contribution in [0.25, 0.3) is 0 Å². The van der Waals surface area contributed by atoms with E-state index in [0.717, 1.165) is 29.9 Å². The van der Waals surface area contributed by atoms with Crippen molar-refractivity contribution in [1.29, 1.82) is 0 Å². The molecule has 0 saturated carbocycles. The molecule has 0 aliphatic carbocycles. The summed E-state index contributed by atoms with van der Waals surface area (Å²) in [6.45, 7) is 6.50. The summed E-state index contributed by atoms with van der Waals surface area (Å²) >= 11 is 1.78. The Morgan fingerprint density at radius 1 is 1.41 bits per heavy atom. The number of hydrogen-bond acceptors (Lipinski definition) is 5. The molecule has 1 saturated heterocycles. The molecule has 0 amide bonds. The monoisotopic (exact) mass is 255 g/mol. The molecule has 0 unspecified atom stereocenters. The highest BCUT2D eigenvalue weighted by Gasteiger charge is 2.17. The van der Waals surface area contributed by atoms with Crippen molar-refractivity contribution < 1.29 is 0 Å². The van der Waals surface area contributed by atoms with Crippen LogP contribution in [-0.2, 0) is 0 Å². The molecule has 0 atom stereocenters. The van der Waals surface area contributed by atoms with Crippen molar-refractivity contribution in [2.24, 2.45) is 5.92 Å². The lowest BCUT2D eigenvalue weighted by Crippen LogP contribution is -2.28. The topological polar surface area (TPSA) is 68.8 Å². The maximum absolute atomic E-state index is 5.82. The molecular weight excluding hydrogens is 234 g/mol. The van der Waals surface area contributed by atoms with Gasteiger partial charge in [-0.15, -0.1) is 10.2 Å². The minimum atomic E-state index is 0.320. The van der Waals surface area contributed by atoms with Crippen molar-refractivity contribution in [3.8, 4) is 0 Å². The van der Waals surface area contributed by atoms with Crippen molar-refractivity contribution in [2.75, 3.05) is 24.6 Å². The van der Waals surface area contributed by atoms with Gasteiger partial charge in [0.25, 0.3) is 0 Å². The molecule has 1 fully saturated rings. The van der Waals surface area contributed by atoms with E-state index in [1.807, 2.05) is 4.57 Å². The maximum Gasteiger partial charge on any atom is 0.222 e. The fraction of sp³-hybridized carbons (Fsp3) is 0.818. The number of nitrogen functional groups attached to an aromatic ring is 1. The van der Waals surface area contributed by atoms with Crippen LogP contribution in [0.1, 0.15) is 32.7 Å². The molecule has 5 nitrogen and oxygen atoms in total. The molecule has 0 aromatic carbocycles. The van der Waals surface area contributed by atoms with Crippen molar-refractivity contribution in [3.63, 3.8) is 0 Å². The molecule has 1 aromatic heterocycles. The van der Waals surface area contributed by atoms with E-state index in [2.05, 4.69) is 29.4 Å². The summed E-state index contributed by atoms with van der Waals surface area (Å²) in [6.07, 6.45) is 2.52. The summed E-state index contributed by atoms with van der Waals surface area (Å²) in [5.41, 5.74) is 5.82. The lowest BCUT2D eigenvalue weighted by atomic mass is 10.0. The third-order valence-electron chi connectivity index (χ3n) is 3.11. The molecule has 96 valence electrons. The molecule has 1 aliphatic rings. The first kappa shape index (κ1) is 12.7. The largest absolute Gasteiger partial charge is 0.368 e. The molecule has 3 N–H and O–H groups in total. The number of nitrogens with zero attached hydrogens (tertiary/aromatic N) is 3. The van der Waals surface area contributed by atoms with Crippen LogP contribution in [0.3, 0.4) is 0 Å². The van der Waals surface area contributed by atoms with Gasteiger partial charge in [0.15, 0.2) is 5.16 Å². The molecular formula is C11H21N5S. The normalized spacial score (nSPS) is 17.8. The van der Waals surface area contributed by atoms with E-state index in [-0.39, 0.29) is 0 Å². The molecule has 0 spiro atoms. The van der Waals surface area contributed by atoms with E-state index in [0.29, 0.717) is 12.0 Å². The summed E-state index contributed by atoms with van der Waals surface area (Å²) in [6, 6.07) is 0.320. The van der Waals surface area contributed by atoms with Crippen LogP contribution >= 0.6 is 11.8 Å². The molecule has 1 aliphatic heterocycles. The standard InChI is InChI=1S/C11H21N5S/c1-8(2)16-10(12)14-15-11(16)17-7-9-3-5-13-6-4-9/h8-9,13H,3-7H2,1-2H3,(H2,12,14). The Hall–Kier alpha value is -0.750. The van der Waals surface area contributed by atoms with Crippen LogP contribution in [0.2, 0.25) is 0 Å². The number of piperidine rings is 1. The first-order valence-corrected chi connectivity index (χ1v) is 7.21. The smallest absolute Gasteiger partial charge is 0.222 e. The minimum absolute atomic E-state index is 0.320. The second-order valence-corrected chi connectivity index (χ2v) is 5.80. The SMILES string of the molecule is CC(C)n1c(N)nnc1SCC1CCNCC1. The van der Waals surface area contributed by atoms with E-state index < -0.39 is 0 Å². The third kappa shape index (κ3) is 3.13. The van der Waals surface area contributed by atoms with Gasteiger partial charge in [-0.1, -0.05) is 11.8 Å². The lowest BCUT2D eigenvalue weighted by molar-refractivity contribution is 0.407. The third-order valence-corrected chi connectivity index (χ3v) is 4.29. The van der Waals surface area contributed by atoms with Crippen LogP contribution in [0.15, 0.2) is 5.16 Å². The lowest BCUT2D eigenvalue weighted by Gasteiger charge is -2.22. The fourth-order valence-electron chi connectivity index (χ4n) is 2.11. The van der Waals surface area contributed by atoms with Gasteiger partial charge in [-0.05, 0) is 45.7 Å². The highest BCUT2D eigenvalue weighted by molar-refractivity contribution is 7.99. The van der Waals surface area contributed by atoms with E-state index >= 15 is 0 Å². The molecule has 0 radical (unpaired) electrons. The van der Waals surface area contributed by atoms with E-state index in [1.165, 1.54) is 12.8 Å². The summed E-state index contributed by atoms with van der Waals surface area (Å²) in [4.78, 5) is 0. The predicted octanol–water partition coefficient (Wildman–Crippen LogP) is 1.53.